The van der Waals surface area contributed by atoms with Crippen molar-refractivity contribution in [3.8, 4) is 5.13 Å². The van der Waals surface area contributed by atoms with Gasteiger partial charge >= 0.3 is 0 Å². The summed E-state index contributed by atoms with van der Waals surface area (Å²) in [6.07, 6.45) is 0.305. The molecule has 0 spiro atoms. The van der Waals surface area contributed by atoms with Crippen molar-refractivity contribution in [3.05, 3.63) is 68.8 Å². The Morgan fingerprint density at radius 3 is 2.79 bits per heavy atom. The first kappa shape index (κ1) is 18.6. The molecule has 5 nitrogen and oxygen atoms in total. The zero-order valence-corrected chi connectivity index (χ0v) is 18.0. The molecule has 5 rings (SSSR count). The molecule has 0 saturated carbocycles. The Hall–Kier alpha value is -2.41. The SMILES string of the molecule is Cc1ccc2nc(-n3nc(C)c4c3NC(=O)C[C@H]4c3ccc(Cl)cc3Cl)sc2c1. The molecule has 1 atom stereocenters. The fourth-order valence-corrected chi connectivity index (χ4v) is 5.41. The van der Waals surface area contributed by atoms with Gasteiger partial charge in [-0.25, -0.2) is 4.98 Å². The number of nitrogens with zero attached hydrogens (tertiary/aromatic N) is 3. The second kappa shape index (κ2) is 6.83. The van der Waals surface area contributed by atoms with Gasteiger partial charge in [-0.05, 0) is 49.2 Å². The molecule has 1 N–H and O–H groups in total. The lowest BCUT2D eigenvalue weighted by molar-refractivity contribution is -0.116. The number of hydrogen-bond donors (Lipinski definition) is 1. The van der Waals surface area contributed by atoms with Crippen LogP contribution in [0, 0.1) is 13.8 Å². The summed E-state index contributed by atoms with van der Waals surface area (Å²) in [5.74, 6) is 0.394. The lowest BCUT2D eigenvalue weighted by atomic mass is 9.86. The Bertz CT molecular complexity index is 1290. The number of carbonyl (C=O) groups is 1. The predicted molar refractivity (Wildman–Crippen MR) is 118 cm³/mol. The molecule has 2 aromatic carbocycles. The number of thiazole rings is 1. The Kier molecular flexibility index (Phi) is 4.38. The van der Waals surface area contributed by atoms with Crippen LogP contribution in [-0.2, 0) is 4.79 Å². The lowest BCUT2D eigenvalue weighted by Crippen LogP contribution is -2.25. The highest BCUT2D eigenvalue weighted by Gasteiger charge is 2.34. The number of aryl methyl sites for hydroxylation is 2. The van der Waals surface area contributed by atoms with Gasteiger partial charge in [-0.2, -0.15) is 9.78 Å². The highest BCUT2D eigenvalue weighted by molar-refractivity contribution is 7.20. The van der Waals surface area contributed by atoms with Gasteiger partial charge in [-0.3, -0.25) is 4.79 Å². The molecular formula is C21H16Cl2N4OS. The summed E-state index contributed by atoms with van der Waals surface area (Å²) < 4.78 is 2.82. The van der Waals surface area contributed by atoms with Gasteiger partial charge in [0.1, 0.15) is 5.82 Å². The maximum atomic E-state index is 12.6. The van der Waals surface area contributed by atoms with Gasteiger partial charge in [0.15, 0.2) is 0 Å². The molecule has 3 heterocycles. The van der Waals surface area contributed by atoms with Gasteiger partial charge in [-0.1, -0.05) is 46.7 Å². The quantitative estimate of drug-likeness (QED) is 0.421. The van der Waals surface area contributed by atoms with Crippen molar-refractivity contribution in [1.29, 1.82) is 0 Å². The van der Waals surface area contributed by atoms with Crippen molar-refractivity contribution >= 4 is 56.5 Å². The summed E-state index contributed by atoms with van der Waals surface area (Å²) in [4.78, 5) is 17.3. The molecule has 0 bridgehead atoms. The van der Waals surface area contributed by atoms with Gasteiger partial charge in [0.25, 0.3) is 0 Å². The lowest BCUT2D eigenvalue weighted by Gasteiger charge is -2.24. The molecule has 8 heteroatoms. The summed E-state index contributed by atoms with van der Waals surface area (Å²) in [6.45, 7) is 4.00. The number of fused-ring (bicyclic) bond motifs is 2. The minimum absolute atomic E-state index is 0.0772. The molecule has 2 aromatic heterocycles. The van der Waals surface area contributed by atoms with Crippen molar-refractivity contribution in [2.75, 3.05) is 5.32 Å². The summed E-state index contributed by atoms with van der Waals surface area (Å²) in [5.41, 5.74) is 4.76. The first-order valence-corrected chi connectivity index (χ1v) is 10.7. The summed E-state index contributed by atoms with van der Waals surface area (Å²) in [6, 6.07) is 11.5. The van der Waals surface area contributed by atoms with Gasteiger partial charge in [-0.15, -0.1) is 0 Å². The number of rotatable bonds is 2. The van der Waals surface area contributed by atoms with Gasteiger partial charge in [0, 0.05) is 27.9 Å². The minimum Gasteiger partial charge on any atom is -0.310 e. The monoisotopic (exact) mass is 442 g/mol. The molecule has 0 aliphatic carbocycles. The van der Waals surface area contributed by atoms with Crippen molar-refractivity contribution in [1.82, 2.24) is 14.8 Å². The van der Waals surface area contributed by atoms with Crippen LogP contribution >= 0.6 is 34.5 Å². The second-order valence-corrected chi connectivity index (χ2v) is 9.05. The van der Waals surface area contributed by atoms with E-state index in [1.807, 2.05) is 25.1 Å². The Morgan fingerprint density at radius 2 is 2.00 bits per heavy atom. The van der Waals surface area contributed by atoms with E-state index in [2.05, 4.69) is 18.3 Å². The van der Waals surface area contributed by atoms with Gasteiger partial charge in [0.2, 0.25) is 11.0 Å². The fraction of sp³-hybridized carbons (Fsp3) is 0.190. The topological polar surface area (TPSA) is 59.8 Å². The van der Waals surface area contributed by atoms with E-state index >= 15 is 0 Å². The summed E-state index contributed by atoms with van der Waals surface area (Å²) in [7, 11) is 0. The molecule has 4 aromatic rings. The van der Waals surface area contributed by atoms with Crippen molar-refractivity contribution in [3.63, 3.8) is 0 Å². The largest absolute Gasteiger partial charge is 0.310 e. The molecule has 146 valence electrons. The van der Waals surface area contributed by atoms with E-state index in [1.54, 1.807) is 28.2 Å². The molecule has 1 aliphatic heterocycles. The van der Waals surface area contributed by atoms with Crippen LogP contribution in [0.15, 0.2) is 36.4 Å². The van der Waals surface area contributed by atoms with Gasteiger partial charge in [0.05, 0.1) is 15.9 Å². The Balaban J connectivity index is 1.68. The standard InChI is InChI=1S/C21H16Cl2N4OS/c1-10-3-6-16-17(7-10)29-21(24-16)27-20-19(11(2)26-27)14(9-18(28)25-20)13-5-4-12(22)8-15(13)23/h3-8,14H,9H2,1-2H3,(H,25,28)/t14-/m0/s1. The first-order valence-electron chi connectivity index (χ1n) is 9.12. The maximum absolute atomic E-state index is 12.6. The summed E-state index contributed by atoms with van der Waals surface area (Å²) >= 11 is 14.1. The highest BCUT2D eigenvalue weighted by Crippen LogP contribution is 2.43. The highest BCUT2D eigenvalue weighted by atomic mass is 35.5. The maximum Gasteiger partial charge on any atom is 0.226 e. The number of amides is 1. The van der Waals surface area contributed by atoms with Crippen LogP contribution in [0.4, 0.5) is 5.82 Å². The van der Waals surface area contributed by atoms with E-state index in [0.29, 0.717) is 22.3 Å². The van der Waals surface area contributed by atoms with Crippen molar-refractivity contribution in [2.45, 2.75) is 26.2 Å². The Morgan fingerprint density at radius 1 is 1.17 bits per heavy atom. The molecule has 0 unspecified atom stereocenters. The molecule has 1 aliphatic rings. The normalized spacial score (nSPS) is 16.1. The van der Waals surface area contributed by atoms with E-state index in [-0.39, 0.29) is 11.8 Å². The number of carbonyl (C=O) groups excluding carboxylic acids is 1. The average molecular weight is 443 g/mol. The van der Waals surface area contributed by atoms with Crippen LogP contribution in [0.25, 0.3) is 15.3 Å². The second-order valence-electron chi connectivity index (χ2n) is 7.20. The number of nitrogens with one attached hydrogen (secondary N) is 1. The molecular weight excluding hydrogens is 427 g/mol. The van der Waals surface area contributed by atoms with Crippen molar-refractivity contribution in [2.24, 2.45) is 0 Å². The van der Waals surface area contributed by atoms with E-state index in [9.17, 15) is 4.79 Å². The predicted octanol–water partition coefficient (Wildman–Crippen LogP) is 5.88. The number of hydrogen-bond acceptors (Lipinski definition) is 4. The van der Waals surface area contributed by atoms with Crippen LogP contribution < -0.4 is 5.32 Å². The van der Waals surface area contributed by atoms with Crippen LogP contribution in [0.1, 0.15) is 34.7 Å². The fourth-order valence-electron chi connectivity index (χ4n) is 3.85. The minimum atomic E-state index is -0.186. The number of aromatic nitrogens is 3. The van der Waals surface area contributed by atoms with E-state index in [1.165, 1.54) is 5.56 Å². The first-order chi connectivity index (χ1) is 13.9. The van der Waals surface area contributed by atoms with Crippen LogP contribution in [0.2, 0.25) is 10.0 Å². The van der Waals surface area contributed by atoms with Crippen LogP contribution in [0.3, 0.4) is 0 Å². The van der Waals surface area contributed by atoms with E-state index in [4.69, 9.17) is 33.3 Å². The van der Waals surface area contributed by atoms with E-state index in [0.717, 1.165) is 32.2 Å². The Labute approximate surface area is 181 Å². The number of benzene rings is 2. The summed E-state index contributed by atoms with van der Waals surface area (Å²) in [5, 5.41) is 9.55. The third kappa shape index (κ3) is 3.12. The van der Waals surface area contributed by atoms with Crippen LogP contribution in [-0.4, -0.2) is 20.7 Å². The molecule has 0 saturated heterocycles. The van der Waals surface area contributed by atoms with Crippen molar-refractivity contribution < 1.29 is 4.79 Å². The molecule has 0 radical (unpaired) electrons. The zero-order chi connectivity index (χ0) is 20.3. The van der Waals surface area contributed by atoms with Crippen LogP contribution in [0.5, 0.6) is 0 Å². The third-order valence-corrected chi connectivity index (χ3v) is 6.71. The molecule has 1 amide bonds. The van der Waals surface area contributed by atoms with E-state index < -0.39 is 0 Å². The number of halogens is 2. The number of anilines is 1. The molecule has 0 fully saturated rings. The van der Waals surface area contributed by atoms with Gasteiger partial charge < -0.3 is 5.32 Å². The zero-order valence-electron chi connectivity index (χ0n) is 15.7. The molecule has 29 heavy (non-hydrogen) atoms. The smallest absolute Gasteiger partial charge is 0.226 e. The average Bonchev–Trinajstić information content (AvgIpc) is 3.21. The third-order valence-electron chi connectivity index (χ3n) is 5.15.